The first kappa shape index (κ1) is 9.93. The highest BCUT2D eigenvalue weighted by molar-refractivity contribution is 5.78. The van der Waals surface area contributed by atoms with Crippen LogP contribution < -0.4 is 5.32 Å². The smallest absolute Gasteiger partial charge is 0.220 e. The fourth-order valence-electron chi connectivity index (χ4n) is 2.16. The molecule has 80 valence electrons. The van der Waals surface area contributed by atoms with Crippen molar-refractivity contribution in [2.75, 3.05) is 39.8 Å². The lowest BCUT2D eigenvalue weighted by atomic mass is 10.2. The summed E-state index contributed by atoms with van der Waals surface area (Å²) in [4.78, 5) is 15.8. The van der Waals surface area contributed by atoms with Crippen molar-refractivity contribution in [3.63, 3.8) is 0 Å². The van der Waals surface area contributed by atoms with Crippen molar-refractivity contribution in [2.24, 2.45) is 0 Å². The van der Waals surface area contributed by atoms with Gasteiger partial charge < -0.3 is 10.2 Å². The third kappa shape index (κ3) is 2.45. The van der Waals surface area contributed by atoms with Crippen molar-refractivity contribution in [3.05, 3.63) is 0 Å². The van der Waals surface area contributed by atoms with Crippen molar-refractivity contribution in [1.82, 2.24) is 15.1 Å². The predicted molar refractivity (Wildman–Crippen MR) is 55.1 cm³/mol. The van der Waals surface area contributed by atoms with E-state index in [1.807, 2.05) is 0 Å². The summed E-state index contributed by atoms with van der Waals surface area (Å²) < 4.78 is 0. The van der Waals surface area contributed by atoms with Gasteiger partial charge in [-0.05, 0) is 13.5 Å². The molecule has 0 aromatic heterocycles. The molecule has 0 aromatic carbocycles. The Morgan fingerprint density at radius 3 is 2.64 bits per heavy atom. The van der Waals surface area contributed by atoms with E-state index >= 15 is 0 Å². The summed E-state index contributed by atoms with van der Waals surface area (Å²) in [7, 11) is 2.16. The predicted octanol–water partition coefficient (Wildman–Crippen LogP) is -0.488. The summed E-state index contributed by atoms with van der Waals surface area (Å²) in [6, 6.07) is 0.408. The molecule has 14 heavy (non-hydrogen) atoms. The van der Waals surface area contributed by atoms with Gasteiger partial charge >= 0.3 is 0 Å². The molecular weight excluding hydrogens is 178 g/mol. The minimum absolute atomic E-state index is 0.226. The average molecular weight is 197 g/mol. The van der Waals surface area contributed by atoms with E-state index < -0.39 is 0 Å². The van der Waals surface area contributed by atoms with Gasteiger partial charge in [-0.25, -0.2) is 0 Å². The lowest BCUT2D eigenvalue weighted by Crippen LogP contribution is -2.48. The molecule has 1 amide bonds. The number of nitrogens with one attached hydrogen (secondary N) is 1. The zero-order chi connectivity index (χ0) is 9.97. The number of piperazine rings is 1. The van der Waals surface area contributed by atoms with Crippen molar-refractivity contribution in [1.29, 1.82) is 0 Å². The Bertz CT molecular complexity index is 211. The van der Waals surface area contributed by atoms with Crippen LogP contribution in [0.4, 0.5) is 0 Å². The third-order valence-corrected chi connectivity index (χ3v) is 3.16. The van der Waals surface area contributed by atoms with E-state index in [1.165, 1.54) is 0 Å². The van der Waals surface area contributed by atoms with Crippen LogP contribution >= 0.6 is 0 Å². The number of carbonyl (C=O) groups excluding carboxylic acids is 1. The lowest BCUT2D eigenvalue weighted by molar-refractivity contribution is -0.119. The van der Waals surface area contributed by atoms with E-state index in [4.69, 9.17) is 0 Å². The Balaban J connectivity index is 1.72. The first-order chi connectivity index (χ1) is 6.74. The topological polar surface area (TPSA) is 35.6 Å². The first-order valence-corrected chi connectivity index (χ1v) is 5.44. The minimum Gasteiger partial charge on any atom is -0.352 e. The summed E-state index contributed by atoms with van der Waals surface area (Å²) >= 11 is 0. The van der Waals surface area contributed by atoms with Crippen LogP contribution in [0.1, 0.15) is 12.8 Å². The Kier molecular flexibility index (Phi) is 3.03. The molecule has 1 N–H and O–H groups in total. The highest BCUT2D eigenvalue weighted by Crippen LogP contribution is 2.09. The van der Waals surface area contributed by atoms with Gasteiger partial charge in [0.1, 0.15) is 0 Å². The number of hydrogen-bond acceptors (Lipinski definition) is 3. The minimum atomic E-state index is 0.226. The Hall–Kier alpha value is -0.610. The summed E-state index contributed by atoms with van der Waals surface area (Å²) in [6.07, 6.45) is 1.74. The van der Waals surface area contributed by atoms with Crippen LogP contribution in [0.5, 0.6) is 0 Å². The van der Waals surface area contributed by atoms with Gasteiger partial charge in [-0.15, -0.1) is 0 Å². The molecule has 1 atom stereocenters. The molecule has 0 saturated carbocycles. The maximum atomic E-state index is 11.0. The van der Waals surface area contributed by atoms with Crippen molar-refractivity contribution < 1.29 is 4.79 Å². The number of likely N-dealkylation sites (N-methyl/N-ethyl adjacent to an activating group) is 1. The second-order valence-corrected chi connectivity index (χ2v) is 4.41. The highest BCUT2D eigenvalue weighted by atomic mass is 16.1. The molecule has 4 nitrogen and oxygen atoms in total. The SMILES string of the molecule is CN1CCN(CC2CCC(=O)N2)CC1. The van der Waals surface area contributed by atoms with Gasteiger partial charge in [-0.2, -0.15) is 0 Å². The van der Waals surface area contributed by atoms with E-state index in [0.717, 1.165) is 45.6 Å². The zero-order valence-corrected chi connectivity index (χ0v) is 8.83. The number of amides is 1. The average Bonchev–Trinajstić information content (AvgIpc) is 2.56. The Labute approximate surface area is 85.2 Å². The third-order valence-electron chi connectivity index (χ3n) is 3.16. The van der Waals surface area contributed by atoms with E-state index in [9.17, 15) is 4.79 Å². The van der Waals surface area contributed by atoms with Crippen molar-refractivity contribution in [2.45, 2.75) is 18.9 Å². The van der Waals surface area contributed by atoms with E-state index in [-0.39, 0.29) is 5.91 Å². The number of rotatable bonds is 2. The number of hydrogen-bond donors (Lipinski definition) is 1. The summed E-state index contributed by atoms with van der Waals surface area (Å²) in [6.45, 7) is 5.63. The van der Waals surface area contributed by atoms with Crippen LogP contribution in [-0.4, -0.2) is 61.5 Å². The quantitative estimate of drug-likeness (QED) is 0.649. The van der Waals surface area contributed by atoms with Crippen LogP contribution in [-0.2, 0) is 4.79 Å². The van der Waals surface area contributed by atoms with E-state index in [1.54, 1.807) is 0 Å². The maximum Gasteiger partial charge on any atom is 0.220 e. The standard InChI is InChI=1S/C10H19N3O/c1-12-4-6-13(7-5-12)8-9-2-3-10(14)11-9/h9H,2-8H2,1H3,(H,11,14). The second kappa shape index (κ2) is 4.28. The van der Waals surface area contributed by atoms with Crippen molar-refractivity contribution >= 4 is 5.91 Å². The van der Waals surface area contributed by atoms with Gasteiger partial charge in [0.2, 0.25) is 5.91 Å². The lowest BCUT2D eigenvalue weighted by Gasteiger charge is -2.33. The molecule has 0 aromatic rings. The molecule has 4 heteroatoms. The molecule has 0 spiro atoms. The van der Waals surface area contributed by atoms with Crippen LogP contribution in [0.15, 0.2) is 0 Å². The molecule has 2 saturated heterocycles. The van der Waals surface area contributed by atoms with Crippen LogP contribution in [0.3, 0.4) is 0 Å². The highest BCUT2D eigenvalue weighted by Gasteiger charge is 2.24. The number of carbonyl (C=O) groups is 1. The summed E-state index contributed by atoms with van der Waals surface area (Å²) in [5, 5.41) is 3.02. The van der Waals surface area contributed by atoms with E-state index in [2.05, 4.69) is 22.2 Å². The van der Waals surface area contributed by atoms with Crippen molar-refractivity contribution in [3.8, 4) is 0 Å². The molecule has 0 bridgehead atoms. The normalized spacial score (nSPS) is 30.6. The largest absolute Gasteiger partial charge is 0.352 e. The number of nitrogens with zero attached hydrogens (tertiary/aromatic N) is 2. The first-order valence-electron chi connectivity index (χ1n) is 5.44. The molecule has 2 rings (SSSR count). The monoisotopic (exact) mass is 197 g/mol. The van der Waals surface area contributed by atoms with Crippen LogP contribution in [0.2, 0.25) is 0 Å². The van der Waals surface area contributed by atoms with Gasteiger partial charge in [0.05, 0.1) is 0 Å². The van der Waals surface area contributed by atoms with Gasteiger partial charge in [-0.1, -0.05) is 0 Å². The van der Waals surface area contributed by atoms with Crippen LogP contribution in [0, 0.1) is 0 Å². The maximum absolute atomic E-state index is 11.0. The molecule has 2 heterocycles. The van der Waals surface area contributed by atoms with E-state index in [0.29, 0.717) is 6.04 Å². The molecule has 2 fully saturated rings. The molecule has 2 aliphatic rings. The van der Waals surface area contributed by atoms with Crippen LogP contribution in [0.25, 0.3) is 0 Å². The van der Waals surface area contributed by atoms with Gasteiger partial charge in [0.25, 0.3) is 0 Å². The zero-order valence-electron chi connectivity index (χ0n) is 8.83. The molecule has 0 radical (unpaired) electrons. The molecule has 0 aliphatic carbocycles. The molecule has 2 aliphatic heterocycles. The second-order valence-electron chi connectivity index (χ2n) is 4.41. The molecule has 1 unspecified atom stereocenters. The molecular formula is C10H19N3O. The fraction of sp³-hybridized carbons (Fsp3) is 0.900. The fourth-order valence-corrected chi connectivity index (χ4v) is 2.16. The van der Waals surface area contributed by atoms with Gasteiger partial charge in [0, 0.05) is 45.2 Å². The Morgan fingerprint density at radius 1 is 1.36 bits per heavy atom. The Morgan fingerprint density at radius 2 is 2.07 bits per heavy atom. The van der Waals surface area contributed by atoms with Gasteiger partial charge in [0.15, 0.2) is 0 Å². The summed E-state index contributed by atoms with van der Waals surface area (Å²) in [5.41, 5.74) is 0. The summed E-state index contributed by atoms with van der Waals surface area (Å²) in [5.74, 6) is 0.226. The van der Waals surface area contributed by atoms with Gasteiger partial charge in [-0.3, -0.25) is 9.69 Å².